The Bertz CT molecular complexity index is 554. The zero-order valence-electron chi connectivity index (χ0n) is 10.6. The molecule has 2 heterocycles. The summed E-state index contributed by atoms with van der Waals surface area (Å²) in [7, 11) is 1.80. The van der Waals surface area contributed by atoms with Crippen LogP contribution in [0.5, 0.6) is 0 Å². The average molecular weight is 261 g/mol. The van der Waals surface area contributed by atoms with Gasteiger partial charge in [0.1, 0.15) is 0 Å². The lowest BCUT2D eigenvalue weighted by Gasteiger charge is -2.43. The van der Waals surface area contributed by atoms with Crippen molar-refractivity contribution in [2.75, 3.05) is 36.5 Å². The molecule has 0 spiro atoms. The summed E-state index contributed by atoms with van der Waals surface area (Å²) in [5, 5.41) is 12.2. The van der Waals surface area contributed by atoms with Gasteiger partial charge < -0.3 is 20.2 Å². The van der Waals surface area contributed by atoms with Crippen molar-refractivity contribution < 1.29 is 14.7 Å². The second-order valence-electron chi connectivity index (χ2n) is 4.94. The molecule has 6 heteroatoms. The van der Waals surface area contributed by atoms with Crippen molar-refractivity contribution in [1.29, 1.82) is 0 Å². The number of carbonyl (C=O) groups excluding carboxylic acids is 1. The predicted molar refractivity (Wildman–Crippen MR) is 70.8 cm³/mol. The number of nitrogens with zero attached hydrogens (tertiary/aromatic N) is 2. The number of aromatic carboxylic acids is 1. The Balaban J connectivity index is 2.06. The third-order valence-corrected chi connectivity index (χ3v) is 3.66. The highest BCUT2D eigenvalue weighted by atomic mass is 16.4. The molecule has 1 saturated heterocycles. The lowest BCUT2D eigenvalue weighted by molar-refractivity contribution is -0.118. The van der Waals surface area contributed by atoms with Crippen LogP contribution in [0.3, 0.4) is 0 Å². The Morgan fingerprint density at radius 3 is 2.68 bits per heavy atom. The van der Waals surface area contributed by atoms with Crippen LogP contribution in [-0.4, -0.2) is 49.7 Å². The van der Waals surface area contributed by atoms with Gasteiger partial charge in [-0.1, -0.05) is 0 Å². The molecule has 0 aromatic heterocycles. The second kappa shape index (κ2) is 4.24. The zero-order chi connectivity index (χ0) is 13.6. The fourth-order valence-electron chi connectivity index (χ4n) is 2.52. The van der Waals surface area contributed by atoms with Crippen LogP contribution in [0.2, 0.25) is 0 Å². The first-order valence-corrected chi connectivity index (χ1v) is 6.19. The SMILES string of the molecule is CN1CC(=O)N(C2CNC2)c2ccc(C(=O)O)cc21. The molecule has 0 saturated carbocycles. The van der Waals surface area contributed by atoms with Crippen LogP contribution in [0.4, 0.5) is 11.4 Å². The summed E-state index contributed by atoms with van der Waals surface area (Å²) in [5.41, 5.74) is 1.84. The molecular formula is C13H15N3O3. The molecule has 0 radical (unpaired) electrons. The Labute approximate surface area is 110 Å². The van der Waals surface area contributed by atoms with Gasteiger partial charge in [-0.3, -0.25) is 4.79 Å². The van der Waals surface area contributed by atoms with Crippen LogP contribution >= 0.6 is 0 Å². The largest absolute Gasteiger partial charge is 0.478 e. The minimum Gasteiger partial charge on any atom is -0.478 e. The molecule has 0 atom stereocenters. The van der Waals surface area contributed by atoms with Crippen LogP contribution in [-0.2, 0) is 4.79 Å². The third-order valence-electron chi connectivity index (χ3n) is 3.66. The van der Waals surface area contributed by atoms with E-state index in [1.807, 2.05) is 0 Å². The summed E-state index contributed by atoms with van der Waals surface area (Å²) in [6.07, 6.45) is 0. The van der Waals surface area contributed by atoms with Crippen molar-refractivity contribution in [2.24, 2.45) is 0 Å². The first kappa shape index (κ1) is 12.0. The van der Waals surface area contributed by atoms with Gasteiger partial charge in [0.15, 0.2) is 0 Å². The number of likely N-dealkylation sites (N-methyl/N-ethyl adjacent to an activating group) is 1. The molecule has 0 aliphatic carbocycles. The molecule has 0 bridgehead atoms. The molecular weight excluding hydrogens is 246 g/mol. The van der Waals surface area contributed by atoms with E-state index in [4.69, 9.17) is 5.11 Å². The average Bonchev–Trinajstić information content (AvgIpc) is 2.31. The fraction of sp³-hybridized carbons (Fsp3) is 0.385. The quantitative estimate of drug-likeness (QED) is 0.792. The van der Waals surface area contributed by atoms with E-state index in [0.29, 0.717) is 0 Å². The zero-order valence-corrected chi connectivity index (χ0v) is 10.6. The standard InChI is InChI=1S/C13H15N3O3/c1-15-7-12(17)16(9-5-14-6-9)10-3-2-8(13(18)19)4-11(10)15/h2-4,9,14H,5-7H2,1H3,(H,18,19). The monoisotopic (exact) mass is 261 g/mol. The number of hydrogen-bond acceptors (Lipinski definition) is 4. The van der Waals surface area contributed by atoms with Crippen LogP contribution < -0.4 is 15.1 Å². The minimum absolute atomic E-state index is 0.0598. The third kappa shape index (κ3) is 1.84. The van der Waals surface area contributed by atoms with Gasteiger partial charge in [-0.25, -0.2) is 4.79 Å². The molecule has 19 heavy (non-hydrogen) atoms. The molecule has 6 nitrogen and oxygen atoms in total. The molecule has 1 aromatic rings. The molecule has 2 aliphatic heterocycles. The predicted octanol–water partition coefficient (Wildman–Crippen LogP) is 0.139. The Hall–Kier alpha value is -2.08. The maximum absolute atomic E-state index is 12.2. The number of carboxylic acids is 1. The summed E-state index contributed by atoms with van der Waals surface area (Å²) >= 11 is 0. The number of benzene rings is 1. The van der Waals surface area contributed by atoms with Crippen molar-refractivity contribution in [2.45, 2.75) is 6.04 Å². The first-order valence-electron chi connectivity index (χ1n) is 6.19. The van der Waals surface area contributed by atoms with Gasteiger partial charge >= 0.3 is 5.97 Å². The summed E-state index contributed by atoms with van der Waals surface area (Å²) < 4.78 is 0. The van der Waals surface area contributed by atoms with Gasteiger partial charge in [0, 0.05) is 20.1 Å². The van der Waals surface area contributed by atoms with Gasteiger partial charge in [-0.15, -0.1) is 0 Å². The van der Waals surface area contributed by atoms with E-state index in [2.05, 4.69) is 5.32 Å². The number of fused-ring (bicyclic) bond motifs is 1. The maximum Gasteiger partial charge on any atom is 0.335 e. The second-order valence-corrected chi connectivity index (χ2v) is 4.94. The highest BCUT2D eigenvalue weighted by molar-refractivity contribution is 6.05. The number of carboxylic acid groups (broad SMARTS) is 1. The molecule has 1 aromatic carbocycles. The van der Waals surface area contributed by atoms with Crippen LogP contribution in [0.15, 0.2) is 18.2 Å². The number of amides is 1. The van der Waals surface area contributed by atoms with Crippen LogP contribution in [0.25, 0.3) is 0 Å². The van der Waals surface area contributed by atoms with Crippen molar-refractivity contribution in [3.8, 4) is 0 Å². The van der Waals surface area contributed by atoms with E-state index < -0.39 is 5.97 Å². The Kier molecular flexibility index (Phi) is 2.67. The fourth-order valence-corrected chi connectivity index (χ4v) is 2.52. The summed E-state index contributed by atoms with van der Waals surface area (Å²) in [4.78, 5) is 26.8. The topological polar surface area (TPSA) is 72.9 Å². The van der Waals surface area contributed by atoms with Gasteiger partial charge in [0.25, 0.3) is 0 Å². The summed E-state index contributed by atoms with van der Waals surface area (Å²) in [6.45, 7) is 1.86. The van der Waals surface area contributed by atoms with E-state index in [1.54, 1.807) is 35.0 Å². The number of hydrogen-bond donors (Lipinski definition) is 2. The minimum atomic E-state index is -0.954. The van der Waals surface area contributed by atoms with Gasteiger partial charge in [0.05, 0.1) is 29.5 Å². The van der Waals surface area contributed by atoms with Gasteiger partial charge in [-0.05, 0) is 18.2 Å². The molecule has 0 unspecified atom stereocenters. The smallest absolute Gasteiger partial charge is 0.335 e. The first-order chi connectivity index (χ1) is 9.08. The maximum atomic E-state index is 12.2. The normalized spacial score (nSPS) is 19.1. The van der Waals surface area contributed by atoms with Crippen molar-refractivity contribution >= 4 is 23.3 Å². The van der Waals surface area contributed by atoms with E-state index in [0.717, 1.165) is 24.5 Å². The van der Waals surface area contributed by atoms with Crippen molar-refractivity contribution in [3.05, 3.63) is 23.8 Å². The lowest BCUT2D eigenvalue weighted by atomic mass is 10.0. The Morgan fingerprint density at radius 1 is 1.37 bits per heavy atom. The summed E-state index contributed by atoms with van der Waals surface area (Å²) in [5.74, 6) is -0.894. The van der Waals surface area contributed by atoms with E-state index in [1.165, 1.54) is 0 Å². The molecule has 2 N–H and O–H groups in total. The van der Waals surface area contributed by atoms with Crippen molar-refractivity contribution in [1.82, 2.24) is 5.32 Å². The number of carbonyl (C=O) groups is 2. The molecule has 1 fully saturated rings. The number of rotatable bonds is 2. The van der Waals surface area contributed by atoms with E-state index in [9.17, 15) is 9.59 Å². The highest BCUT2D eigenvalue weighted by Gasteiger charge is 2.35. The van der Waals surface area contributed by atoms with E-state index >= 15 is 0 Å². The number of nitrogens with one attached hydrogen (secondary N) is 1. The van der Waals surface area contributed by atoms with Gasteiger partial charge in [0.2, 0.25) is 5.91 Å². The van der Waals surface area contributed by atoms with Crippen LogP contribution in [0, 0.1) is 0 Å². The van der Waals surface area contributed by atoms with Crippen LogP contribution in [0.1, 0.15) is 10.4 Å². The molecule has 100 valence electrons. The summed E-state index contributed by atoms with van der Waals surface area (Å²) in [6, 6.07) is 5.08. The van der Waals surface area contributed by atoms with Gasteiger partial charge in [-0.2, -0.15) is 0 Å². The highest BCUT2D eigenvalue weighted by Crippen LogP contribution is 2.35. The van der Waals surface area contributed by atoms with Crippen molar-refractivity contribution in [3.63, 3.8) is 0 Å². The molecule has 1 amide bonds. The Morgan fingerprint density at radius 2 is 2.11 bits per heavy atom. The molecule has 3 rings (SSSR count). The molecule has 2 aliphatic rings. The lowest BCUT2D eigenvalue weighted by Crippen LogP contribution is -2.62. The number of anilines is 2. The van der Waals surface area contributed by atoms with E-state index in [-0.39, 0.29) is 24.1 Å².